The van der Waals surface area contributed by atoms with Gasteiger partial charge in [0.25, 0.3) is 0 Å². The zero-order valence-electron chi connectivity index (χ0n) is 17.1. The number of benzene rings is 2. The predicted octanol–water partition coefficient (Wildman–Crippen LogP) is 4.23. The number of hydrogen-bond acceptors (Lipinski definition) is 4. The summed E-state index contributed by atoms with van der Waals surface area (Å²) in [7, 11) is 0. The van der Waals surface area contributed by atoms with Gasteiger partial charge in [-0.15, -0.1) is 0 Å². The lowest BCUT2D eigenvalue weighted by Gasteiger charge is -2.32. The molecule has 1 atom stereocenters. The van der Waals surface area contributed by atoms with Crippen molar-refractivity contribution in [3.63, 3.8) is 0 Å². The lowest BCUT2D eigenvalue weighted by Crippen LogP contribution is -2.43. The van der Waals surface area contributed by atoms with E-state index < -0.39 is 0 Å². The molecule has 7 heteroatoms. The normalized spacial score (nSPS) is 16.4. The summed E-state index contributed by atoms with van der Waals surface area (Å²) in [6.07, 6.45) is 2.05. The number of aromatic nitrogens is 3. The molecule has 6 nitrogen and oxygen atoms in total. The number of ether oxygens (including phenoxy) is 1. The van der Waals surface area contributed by atoms with Crippen LogP contribution in [0.2, 0.25) is 0 Å². The van der Waals surface area contributed by atoms with E-state index in [0.717, 1.165) is 30.7 Å². The number of hydrogen-bond donors (Lipinski definition) is 1. The number of aromatic amines is 1. The quantitative estimate of drug-likeness (QED) is 0.604. The van der Waals surface area contributed by atoms with Gasteiger partial charge in [-0.3, -0.25) is 14.5 Å². The van der Waals surface area contributed by atoms with Gasteiger partial charge in [0.15, 0.2) is 10.6 Å². The second kappa shape index (κ2) is 9.26. The Morgan fingerprint density at radius 2 is 1.97 bits per heavy atom. The van der Waals surface area contributed by atoms with Crippen LogP contribution < -0.4 is 4.74 Å². The summed E-state index contributed by atoms with van der Waals surface area (Å²) in [6, 6.07) is 17.9. The van der Waals surface area contributed by atoms with Crippen LogP contribution >= 0.6 is 12.2 Å². The second-order valence-corrected chi connectivity index (χ2v) is 8.16. The fraction of sp³-hybridized carbons (Fsp3) is 0.348. The first-order valence-electron chi connectivity index (χ1n) is 10.3. The minimum Gasteiger partial charge on any atom is -0.493 e. The van der Waals surface area contributed by atoms with E-state index in [1.54, 1.807) is 4.57 Å². The van der Waals surface area contributed by atoms with Gasteiger partial charge in [-0.2, -0.15) is 5.10 Å². The number of para-hydroxylation sites is 1. The summed E-state index contributed by atoms with van der Waals surface area (Å²) in [5.41, 5.74) is 2.11. The van der Waals surface area contributed by atoms with Gasteiger partial charge in [0.2, 0.25) is 5.91 Å². The first-order chi connectivity index (χ1) is 14.6. The summed E-state index contributed by atoms with van der Waals surface area (Å²) in [6.45, 7) is 4.32. The molecule has 2 heterocycles. The number of H-pyrrole nitrogens is 1. The maximum Gasteiger partial charge on any atom is 0.242 e. The molecule has 1 aliphatic rings. The van der Waals surface area contributed by atoms with Crippen LogP contribution in [-0.4, -0.2) is 45.3 Å². The first-order valence-corrected chi connectivity index (χ1v) is 10.7. The van der Waals surface area contributed by atoms with Crippen molar-refractivity contribution in [3.05, 3.63) is 64.9 Å². The molecule has 4 rings (SSSR count). The molecule has 1 aliphatic heterocycles. The van der Waals surface area contributed by atoms with Crippen molar-refractivity contribution >= 4 is 18.1 Å². The number of likely N-dealkylation sites (tertiary alicyclic amines) is 1. The summed E-state index contributed by atoms with van der Waals surface area (Å²) < 4.78 is 8.15. The lowest BCUT2D eigenvalue weighted by atomic mass is 9.99. The van der Waals surface area contributed by atoms with Crippen LogP contribution in [0.3, 0.4) is 0 Å². The van der Waals surface area contributed by atoms with Crippen LogP contribution in [0.15, 0.2) is 54.6 Å². The van der Waals surface area contributed by atoms with Gasteiger partial charge in [0.05, 0.1) is 6.61 Å². The highest BCUT2D eigenvalue weighted by Crippen LogP contribution is 2.21. The van der Waals surface area contributed by atoms with Crippen molar-refractivity contribution < 1.29 is 9.53 Å². The Labute approximate surface area is 181 Å². The first kappa shape index (κ1) is 20.3. The Hall–Kier alpha value is -2.93. The minimum absolute atomic E-state index is 0.0604. The average Bonchev–Trinajstić information content (AvgIpc) is 3.14. The highest BCUT2D eigenvalue weighted by molar-refractivity contribution is 7.71. The van der Waals surface area contributed by atoms with E-state index in [1.807, 2.05) is 66.4 Å². The summed E-state index contributed by atoms with van der Waals surface area (Å²) in [5.74, 6) is 1.95. The third kappa shape index (κ3) is 4.79. The summed E-state index contributed by atoms with van der Waals surface area (Å²) >= 11 is 5.39. The van der Waals surface area contributed by atoms with Crippen molar-refractivity contribution in [3.8, 4) is 17.1 Å². The molecule has 30 heavy (non-hydrogen) atoms. The molecule has 0 radical (unpaired) electrons. The number of nitrogens with one attached hydrogen (secondary N) is 1. The van der Waals surface area contributed by atoms with Gasteiger partial charge in [0, 0.05) is 24.6 Å². The van der Waals surface area contributed by atoms with Crippen LogP contribution in [0.25, 0.3) is 11.4 Å². The molecule has 0 spiro atoms. The molecule has 2 aromatic carbocycles. The average molecular weight is 423 g/mol. The maximum absolute atomic E-state index is 13.1. The van der Waals surface area contributed by atoms with E-state index in [0.29, 0.717) is 29.7 Å². The summed E-state index contributed by atoms with van der Waals surface area (Å²) in [5, 5.41) is 7.18. The molecule has 156 valence electrons. The Bertz CT molecular complexity index is 1040. The monoisotopic (exact) mass is 422 g/mol. The predicted molar refractivity (Wildman–Crippen MR) is 119 cm³/mol. The van der Waals surface area contributed by atoms with E-state index in [4.69, 9.17) is 17.0 Å². The van der Waals surface area contributed by atoms with Crippen LogP contribution in [0.4, 0.5) is 0 Å². The molecular formula is C23H26N4O2S. The number of piperidine rings is 1. The zero-order valence-corrected chi connectivity index (χ0v) is 17.9. The Morgan fingerprint density at radius 1 is 1.20 bits per heavy atom. The van der Waals surface area contributed by atoms with Gasteiger partial charge in [-0.25, -0.2) is 0 Å². The van der Waals surface area contributed by atoms with Crippen LogP contribution in [-0.2, 0) is 11.3 Å². The fourth-order valence-electron chi connectivity index (χ4n) is 3.78. The molecule has 1 fully saturated rings. The molecule has 0 bridgehead atoms. The maximum atomic E-state index is 13.1. The molecule has 1 amide bonds. The summed E-state index contributed by atoms with van der Waals surface area (Å²) in [4.78, 5) is 15.0. The molecular weight excluding hydrogens is 396 g/mol. The zero-order chi connectivity index (χ0) is 20.9. The third-order valence-electron chi connectivity index (χ3n) is 5.46. The van der Waals surface area contributed by atoms with Crippen molar-refractivity contribution in [2.45, 2.75) is 26.3 Å². The SMILES string of the molecule is Cc1ccc(-c2n[nH]c(=S)n2CC(=O)N2CCCC(COc3ccccc3)C2)cc1. The van der Waals surface area contributed by atoms with E-state index in [9.17, 15) is 4.79 Å². The topological polar surface area (TPSA) is 63.2 Å². The number of carbonyl (C=O) groups excluding carboxylic acids is 1. The number of carbonyl (C=O) groups is 1. The van der Waals surface area contributed by atoms with E-state index >= 15 is 0 Å². The van der Waals surface area contributed by atoms with E-state index in [-0.39, 0.29) is 12.5 Å². The fourth-order valence-corrected chi connectivity index (χ4v) is 3.98. The van der Waals surface area contributed by atoms with Crippen molar-refractivity contribution in [2.75, 3.05) is 19.7 Å². The molecule has 1 aromatic heterocycles. The van der Waals surface area contributed by atoms with Crippen molar-refractivity contribution in [1.82, 2.24) is 19.7 Å². The number of rotatable bonds is 6. The Balaban J connectivity index is 1.41. The Morgan fingerprint density at radius 3 is 2.73 bits per heavy atom. The van der Waals surface area contributed by atoms with Crippen molar-refractivity contribution in [2.24, 2.45) is 5.92 Å². The largest absolute Gasteiger partial charge is 0.493 e. The van der Waals surface area contributed by atoms with E-state index in [2.05, 4.69) is 10.2 Å². The number of amides is 1. The Kier molecular flexibility index (Phi) is 6.28. The standard InChI is InChI=1S/C23H26N4O2S/c1-17-9-11-19(12-10-17)22-24-25-23(30)27(22)15-21(28)26-13-5-6-18(14-26)16-29-20-7-3-2-4-8-20/h2-4,7-12,18H,5-6,13-16H2,1H3,(H,25,30). The van der Waals surface area contributed by atoms with Gasteiger partial charge in [-0.05, 0) is 44.1 Å². The van der Waals surface area contributed by atoms with Crippen LogP contribution in [0.5, 0.6) is 5.75 Å². The number of aryl methyl sites for hydroxylation is 1. The van der Waals surface area contributed by atoms with Crippen molar-refractivity contribution in [1.29, 1.82) is 0 Å². The smallest absolute Gasteiger partial charge is 0.242 e. The minimum atomic E-state index is 0.0604. The third-order valence-corrected chi connectivity index (χ3v) is 5.77. The van der Waals surface area contributed by atoms with E-state index in [1.165, 1.54) is 5.56 Å². The van der Waals surface area contributed by atoms with Gasteiger partial charge >= 0.3 is 0 Å². The van der Waals surface area contributed by atoms with Crippen LogP contribution in [0, 0.1) is 17.6 Å². The van der Waals surface area contributed by atoms with Crippen LogP contribution in [0.1, 0.15) is 18.4 Å². The molecule has 3 aromatic rings. The highest BCUT2D eigenvalue weighted by atomic mass is 32.1. The van der Waals surface area contributed by atoms with Gasteiger partial charge in [-0.1, -0.05) is 48.0 Å². The number of nitrogens with zero attached hydrogens (tertiary/aromatic N) is 3. The second-order valence-electron chi connectivity index (χ2n) is 7.78. The molecule has 1 unspecified atom stereocenters. The lowest BCUT2D eigenvalue weighted by molar-refractivity contribution is -0.133. The van der Waals surface area contributed by atoms with Gasteiger partial charge < -0.3 is 9.64 Å². The molecule has 1 saturated heterocycles. The molecule has 1 N–H and O–H groups in total. The molecule has 0 aliphatic carbocycles. The highest BCUT2D eigenvalue weighted by Gasteiger charge is 2.25. The van der Waals surface area contributed by atoms with Gasteiger partial charge in [0.1, 0.15) is 12.3 Å². The molecule has 0 saturated carbocycles.